The van der Waals surface area contributed by atoms with Gasteiger partial charge in [0.2, 0.25) is 5.88 Å². The summed E-state index contributed by atoms with van der Waals surface area (Å²) in [4.78, 5) is 20.7. The van der Waals surface area contributed by atoms with E-state index in [0.29, 0.717) is 39.5 Å². The van der Waals surface area contributed by atoms with E-state index in [1.807, 2.05) is 6.07 Å². The smallest absolute Gasteiger partial charge is 0.274 e. The number of nitrogen functional groups attached to an aromatic ring is 1. The standard InChI is InChI=1S/C21H18N6O2/c1-12-7-13(9-22)10-26-20(12)21(28)27-15-4-5-17(23)16(8-15)19(24)14-3-6-18(29-2)25-11-14/h3-8,10-11,24H,23H2,1-2H3,(H,27,28). The van der Waals surface area contributed by atoms with Crippen LogP contribution >= 0.6 is 0 Å². The molecule has 0 fully saturated rings. The number of hydrogen-bond acceptors (Lipinski definition) is 7. The lowest BCUT2D eigenvalue weighted by molar-refractivity contribution is 0.102. The molecule has 2 heterocycles. The van der Waals surface area contributed by atoms with Crippen molar-refractivity contribution in [2.24, 2.45) is 0 Å². The zero-order valence-electron chi connectivity index (χ0n) is 15.9. The number of pyridine rings is 2. The Bertz CT molecular complexity index is 1130. The first-order valence-electron chi connectivity index (χ1n) is 8.60. The van der Waals surface area contributed by atoms with Crippen molar-refractivity contribution in [3.8, 4) is 11.9 Å². The second-order valence-electron chi connectivity index (χ2n) is 6.22. The quantitative estimate of drug-likeness (QED) is 0.455. The number of carbonyl (C=O) groups is 1. The van der Waals surface area contributed by atoms with Crippen LogP contribution in [0.25, 0.3) is 0 Å². The zero-order valence-corrected chi connectivity index (χ0v) is 15.9. The third-order valence-corrected chi connectivity index (χ3v) is 4.24. The second-order valence-corrected chi connectivity index (χ2v) is 6.22. The minimum Gasteiger partial charge on any atom is -0.481 e. The lowest BCUT2D eigenvalue weighted by Crippen LogP contribution is -2.16. The SMILES string of the molecule is COc1ccc(C(=N)c2cc(NC(=O)c3ncc(C#N)cc3C)ccc2N)cn1. The third kappa shape index (κ3) is 4.20. The fourth-order valence-electron chi connectivity index (χ4n) is 2.72. The van der Waals surface area contributed by atoms with E-state index >= 15 is 0 Å². The van der Waals surface area contributed by atoms with Crippen LogP contribution in [0.4, 0.5) is 11.4 Å². The Labute approximate surface area is 167 Å². The molecule has 3 rings (SSSR count). The number of methoxy groups -OCH3 is 1. The molecule has 0 aliphatic rings. The molecule has 0 saturated carbocycles. The highest BCUT2D eigenvalue weighted by atomic mass is 16.5. The molecular weight excluding hydrogens is 368 g/mol. The summed E-state index contributed by atoms with van der Waals surface area (Å²) in [6, 6.07) is 11.8. The maximum atomic E-state index is 12.6. The van der Waals surface area contributed by atoms with Gasteiger partial charge < -0.3 is 15.8 Å². The van der Waals surface area contributed by atoms with Crippen LogP contribution in [0.5, 0.6) is 5.88 Å². The Morgan fingerprint density at radius 1 is 1.21 bits per heavy atom. The van der Waals surface area contributed by atoms with Crippen molar-refractivity contribution in [3.63, 3.8) is 0 Å². The summed E-state index contributed by atoms with van der Waals surface area (Å²) in [5.74, 6) is 0.0289. The minimum atomic E-state index is -0.416. The van der Waals surface area contributed by atoms with Gasteiger partial charge >= 0.3 is 0 Å². The molecular formula is C21H18N6O2. The van der Waals surface area contributed by atoms with Crippen LogP contribution in [0.15, 0.2) is 48.8 Å². The first kappa shape index (κ1) is 19.5. The van der Waals surface area contributed by atoms with Crippen molar-refractivity contribution < 1.29 is 9.53 Å². The normalized spacial score (nSPS) is 10.1. The van der Waals surface area contributed by atoms with Crippen molar-refractivity contribution >= 4 is 23.0 Å². The van der Waals surface area contributed by atoms with Crippen molar-refractivity contribution in [1.29, 1.82) is 10.7 Å². The molecule has 0 atom stereocenters. The maximum absolute atomic E-state index is 12.6. The fourth-order valence-corrected chi connectivity index (χ4v) is 2.72. The molecule has 0 aliphatic heterocycles. The van der Waals surface area contributed by atoms with Gasteiger partial charge in [0.25, 0.3) is 5.91 Å². The number of nitrogens with two attached hydrogens (primary N) is 1. The third-order valence-electron chi connectivity index (χ3n) is 4.24. The summed E-state index contributed by atoms with van der Waals surface area (Å²) < 4.78 is 5.03. The van der Waals surface area contributed by atoms with E-state index in [1.165, 1.54) is 19.5 Å². The lowest BCUT2D eigenvalue weighted by atomic mass is 10.0. The average Bonchev–Trinajstić information content (AvgIpc) is 2.74. The number of nitrogens with zero attached hydrogens (tertiary/aromatic N) is 3. The number of amides is 1. The number of anilines is 2. The molecule has 0 bridgehead atoms. The van der Waals surface area contributed by atoms with Crippen molar-refractivity contribution in [2.75, 3.05) is 18.2 Å². The van der Waals surface area contributed by atoms with Crippen molar-refractivity contribution in [1.82, 2.24) is 9.97 Å². The van der Waals surface area contributed by atoms with Crippen LogP contribution in [0.3, 0.4) is 0 Å². The van der Waals surface area contributed by atoms with Gasteiger partial charge in [0.05, 0.1) is 18.4 Å². The topological polar surface area (TPSA) is 138 Å². The van der Waals surface area contributed by atoms with E-state index in [0.717, 1.165) is 0 Å². The summed E-state index contributed by atoms with van der Waals surface area (Å²) in [6.45, 7) is 1.71. The molecule has 3 aromatic rings. The largest absolute Gasteiger partial charge is 0.481 e. The molecule has 0 spiro atoms. The van der Waals surface area contributed by atoms with E-state index < -0.39 is 5.91 Å². The van der Waals surface area contributed by atoms with Gasteiger partial charge in [-0.15, -0.1) is 0 Å². The minimum absolute atomic E-state index is 0.168. The summed E-state index contributed by atoms with van der Waals surface area (Å²) in [5, 5.41) is 20.1. The fraction of sp³-hybridized carbons (Fsp3) is 0.0952. The number of ether oxygens (including phenoxy) is 1. The first-order chi connectivity index (χ1) is 13.9. The Hall–Kier alpha value is -4.25. The number of nitriles is 1. The Morgan fingerprint density at radius 3 is 2.62 bits per heavy atom. The highest BCUT2D eigenvalue weighted by molar-refractivity contribution is 6.14. The van der Waals surface area contributed by atoms with E-state index in [2.05, 4.69) is 15.3 Å². The van der Waals surface area contributed by atoms with Crippen LogP contribution in [-0.4, -0.2) is 28.7 Å². The predicted molar refractivity (Wildman–Crippen MR) is 109 cm³/mol. The molecule has 1 amide bonds. The number of carbonyl (C=O) groups excluding carboxylic acids is 1. The molecule has 29 heavy (non-hydrogen) atoms. The van der Waals surface area contributed by atoms with Crippen LogP contribution in [0, 0.1) is 23.7 Å². The van der Waals surface area contributed by atoms with E-state index in [9.17, 15) is 4.79 Å². The molecule has 8 heteroatoms. The Morgan fingerprint density at radius 2 is 2.00 bits per heavy atom. The molecule has 0 unspecified atom stereocenters. The van der Waals surface area contributed by atoms with Gasteiger partial charge in [-0.25, -0.2) is 9.97 Å². The van der Waals surface area contributed by atoms with Crippen molar-refractivity contribution in [3.05, 3.63) is 76.7 Å². The Kier molecular flexibility index (Phi) is 5.51. The average molecular weight is 386 g/mol. The number of nitrogens with one attached hydrogen (secondary N) is 2. The van der Waals surface area contributed by atoms with Gasteiger partial charge in [0.15, 0.2) is 0 Å². The molecule has 4 N–H and O–H groups in total. The number of hydrogen-bond donors (Lipinski definition) is 3. The van der Waals surface area contributed by atoms with Gasteiger partial charge in [-0.1, -0.05) is 0 Å². The van der Waals surface area contributed by atoms with Gasteiger partial charge in [0, 0.05) is 41.0 Å². The number of benzene rings is 1. The van der Waals surface area contributed by atoms with Crippen LogP contribution in [-0.2, 0) is 0 Å². The highest BCUT2D eigenvalue weighted by Gasteiger charge is 2.15. The molecule has 144 valence electrons. The van der Waals surface area contributed by atoms with Crippen molar-refractivity contribution in [2.45, 2.75) is 6.92 Å². The van der Waals surface area contributed by atoms with E-state index in [-0.39, 0.29) is 11.4 Å². The van der Waals surface area contributed by atoms with Crippen LogP contribution < -0.4 is 15.8 Å². The Balaban J connectivity index is 1.86. The van der Waals surface area contributed by atoms with E-state index in [4.69, 9.17) is 21.1 Å². The summed E-state index contributed by atoms with van der Waals surface area (Å²) in [6.07, 6.45) is 2.87. The summed E-state index contributed by atoms with van der Waals surface area (Å²) in [5.41, 5.74) is 9.29. The second kappa shape index (κ2) is 8.19. The molecule has 0 radical (unpaired) electrons. The number of aromatic nitrogens is 2. The first-order valence-corrected chi connectivity index (χ1v) is 8.60. The highest BCUT2D eigenvalue weighted by Crippen LogP contribution is 2.22. The van der Waals surface area contributed by atoms with Crippen LogP contribution in [0.1, 0.15) is 32.7 Å². The predicted octanol–water partition coefficient (Wildman–Crippen LogP) is 2.92. The van der Waals surface area contributed by atoms with Gasteiger partial charge in [-0.05, 0) is 42.8 Å². The lowest BCUT2D eigenvalue weighted by Gasteiger charge is -2.12. The molecule has 0 aliphatic carbocycles. The monoisotopic (exact) mass is 386 g/mol. The zero-order chi connectivity index (χ0) is 21.0. The van der Waals surface area contributed by atoms with Crippen LogP contribution in [0.2, 0.25) is 0 Å². The number of rotatable bonds is 5. The summed E-state index contributed by atoms with van der Waals surface area (Å²) in [7, 11) is 1.52. The van der Waals surface area contributed by atoms with Gasteiger partial charge in [0.1, 0.15) is 11.8 Å². The molecule has 2 aromatic heterocycles. The maximum Gasteiger partial charge on any atom is 0.274 e. The molecule has 8 nitrogen and oxygen atoms in total. The number of aryl methyl sites for hydroxylation is 1. The molecule has 1 aromatic carbocycles. The molecule has 0 saturated heterocycles. The summed E-state index contributed by atoms with van der Waals surface area (Å²) >= 11 is 0. The van der Waals surface area contributed by atoms with E-state index in [1.54, 1.807) is 43.3 Å². The van der Waals surface area contributed by atoms with Gasteiger partial charge in [-0.2, -0.15) is 5.26 Å². The van der Waals surface area contributed by atoms with Gasteiger partial charge in [-0.3, -0.25) is 10.2 Å².